The normalized spacial score (nSPS) is 17.4. The van der Waals surface area contributed by atoms with Gasteiger partial charge in [-0.25, -0.2) is 13.8 Å². The van der Waals surface area contributed by atoms with Gasteiger partial charge in [-0.1, -0.05) is 11.8 Å². The number of amidine groups is 1. The van der Waals surface area contributed by atoms with Crippen molar-refractivity contribution in [3.63, 3.8) is 0 Å². The van der Waals surface area contributed by atoms with Gasteiger partial charge in [0.05, 0.1) is 18.5 Å². The van der Waals surface area contributed by atoms with Crippen LogP contribution in [0.3, 0.4) is 0 Å². The van der Waals surface area contributed by atoms with E-state index in [1.54, 1.807) is 12.1 Å². The fraction of sp³-hybridized carbons (Fsp3) is 0.136. The van der Waals surface area contributed by atoms with Crippen LogP contribution in [0, 0.1) is 11.6 Å². The van der Waals surface area contributed by atoms with Crippen molar-refractivity contribution in [1.29, 1.82) is 0 Å². The van der Waals surface area contributed by atoms with Crippen LogP contribution in [0.15, 0.2) is 76.3 Å². The van der Waals surface area contributed by atoms with Crippen molar-refractivity contribution < 1.29 is 22.8 Å². The second-order valence-electron chi connectivity index (χ2n) is 6.74. The Balaban J connectivity index is 1.51. The van der Waals surface area contributed by atoms with Gasteiger partial charge >= 0.3 is 0 Å². The van der Waals surface area contributed by atoms with Crippen molar-refractivity contribution in [3.8, 4) is 0 Å². The lowest BCUT2D eigenvalue weighted by Gasteiger charge is -2.15. The van der Waals surface area contributed by atoms with Gasteiger partial charge in [0.2, 0.25) is 11.8 Å². The van der Waals surface area contributed by atoms with Gasteiger partial charge in [-0.05, 0) is 60.7 Å². The predicted octanol–water partition coefficient (Wildman–Crippen LogP) is 4.72. The van der Waals surface area contributed by atoms with Gasteiger partial charge in [-0.3, -0.25) is 14.5 Å². The molecule has 1 fully saturated rings. The first-order chi connectivity index (χ1) is 15.0. The Morgan fingerprint density at radius 2 is 1.74 bits per heavy atom. The van der Waals surface area contributed by atoms with E-state index in [-0.39, 0.29) is 30.6 Å². The Bertz CT molecular complexity index is 1100. The van der Waals surface area contributed by atoms with E-state index in [0.717, 1.165) is 11.8 Å². The van der Waals surface area contributed by atoms with Gasteiger partial charge in [-0.2, -0.15) is 0 Å². The third-order valence-electron chi connectivity index (χ3n) is 4.46. The highest BCUT2D eigenvalue weighted by atomic mass is 32.2. The molecule has 0 saturated carbocycles. The molecule has 1 saturated heterocycles. The van der Waals surface area contributed by atoms with Crippen molar-refractivity contribution in [1.82, 2.24) is 4.90 Å². The molecule has 158 valence electrons. The molecule has 1 aliphatic rings. The first-order valence-electron chi connectivity index (χ1n) is 9.38. The average Bonchev–Trinajstić information content (AvgIpc) is 3.36. The van der Waals surface area contributed by atoms with E-state index in [1.165, 1.54) is 59.7 Å². The van der Waals surface area contributed by atoms with E-state index in [9.17, 15) is 18.4 Å². The lowest BCUT2D eigenvalue weighted by molar-refractivity contribution is -0.128. The quantitative estimate of drug-likeness (QED) is 0.601. The van der Waals surface area contributed by atoms with Crippen LogP contribution in [0.1, 0.15) is 12.2 Å². The smallest absolute Gasteiger partial charge is 0.243 e. The van der Waals surface area contributed by atoms with Gasteiger partial charge in [0, 0.05) is 12.1 Å². The van der Waals surface area contributed by atoms with E-state index in [1.807, 2.05) is 0 Å². The second kappa shape index (κ2) is 9.13. The molecule has 0 radical (unpaired) electrons. The number of carbonyl (C=O) groups excluding carboxylic acids is 2. The van der Waals surface area contributed by atoms with Crippen LogP contribution in [-0.2, 0) is 16.1 Å². The van der Waals surface area contributed by atoms with Crippen molar-refractivity contribution >= 4 is 40.1 Å². The molecule has 31 heavy (non-hydrogen) atoms. The summed E-state index contributed by atoms with van der Waals surface area (Å²) in [6.07, 6.45) is 1.42. The zero-order valence-electron chi connectivity index (χ0n) is 16.1. The van der Waals surface area contributed by atoms with E-state index >= 15 is 0 Å². The molecule has 2 amide bonds. The van der Waals surface area contributed by atoms with Crippen LogP contribution in [0.2, 0.25) is 0 Å². The van der Waals surface area contributed by atoms with Gasteiger partial charge in [-0.15, -0.1) is 0 Å². The minimum Gasteiger partial charge on any atom is -0.467 e. The summed E-state index contributed by atoms with van der Waals surface area (Å²) in [4.78, 5) is 31.4. The van der Waals surface area contributed by atoms with Crippen molar-refractivity contribution in [2.24, 2.45) is 4.99 Å². The molecular weight excluding hydrogens is 424 g/mol. The molecule has 2 aromatic carbocycles. The molecule has 0 aliphatic carbocycles. The maximum atomic E-state index is 13.2. The summed E-state index contributed by atoms with van der Waals surface area (Å²) in [6, 6.07) is 14.4. The summed E-state index contributed by atoms with van der Waals surface area (Å²) in [5.41, 5.74) is 0.923. The standard InChI is InChI=1S/C22H17F2N3O3S/c23-14-3-7-16(8-4-14)25-20(28)12-19-21(29)27(13-18-2-1-11-30-18)22(31-19)26-17-9-5-15(24)6-10-17/h1-11,19H,12-13H2,(H,25,28). The monoisotopic (exact) mass is 441 g/mol. The number of carbonyl (C=O) groups is 2. The number of thioether (sulfide) groups is 1. The SMILES string of the molecule is O=C(CC1SC(=Nc2ccc(F)cc2)N(Cc2ccco2)C1=O)Nc1ccc(F)cc1. The number of nitrogens with one attached hydrogen (secondary N) is 1. The number of aliphatic imine (C=N–C) groups is 1. The first kappa shape index (κ1) is 20.8. The number of halogens is 2. The lowest BCUT2D eigenvalue weighted by Crippen LogP contribution is -2.33. The molecule has 0 spiro atoms. The molecule has 9 heteroatoms. The molecule has 4 rings (SSSR count). The Hall–Kier alpha value is -3.46. The van der Waals surface area contributed by atoms with E-state index < -0.39 is 11.1 Å². The van der Waals surface area contributed by atoms with Gasteiger partial charge in [0.1, 0.15) is 22.6 Å². The zero-order valence-corrected chi connectivity index (χ0v) is 16.9. The molecular formula is C22H17F2N3O3S. The highest BCUT2D eigenvalue weighted by Gasteiger charge is 2.39. The third-order valence-corrected chi connectivity index (χ3v) is 5.64. The number of rotatable bonds is 6. The van der Waals surface area contributed by atoms with Crippen LogP contribution >= 0.6 is 11.8 Å². The summed E-state index contributed by atoms with van der Waals surface area (Å²) in [5, 5.41) is 2.37. The van der Waals surface area contributed by atoms with Crippen LogP contribution in [0.4, 0.5) is 20.2 Å². The number of furan rings is 1. The molecule has 3 aromatic rings. The average molecular weight is 441 g/mol. The molecule has 6 nitrogen and oxygen atoms in total. The van der Waals surface area contributed by atoms with E-state index in [2.05, 4.69) is 10.3 Å². The predicted molar refractivity (Wildman–Crippen MR) is 114 cm³/mol. The molecule has 1 aliphatic heterocycles. The fourth-order valence-corrected chi connectivity index (χ4v) is 4.13. The minimum atomic E-state index is -0.686. The summed E-state index contributed by atoms with van der Waals surface area (Å²) < 4.78 is 31.6. The van der Waals surface area contributed by atoms with Crippen LogP contribution in [-0.4, -0.2) is 27.1 Å². The van der Waals surface area contributed by atoms with Gasteiger partial charge < -0.3 is 9.73 Å². The van der Waals surface area contributed by atoms with E-state index in [0.29, 0.717) is 22.3 Å². The molecule has 1 N–H and O–H groups in total. The van der Waals surface area contributed by atoms with E-state index in [4.69, 9.17) is 4.42 Å². The van der Waals surface area contributed by atoms with Crippen molar-refractivity contribution in [2.45, 2.75) is 18.2 Å². The van der Waals surface area contributed by atoms with Gasteiger partial charge in [0.25, 0.3) is 0 Å². The Kier molecular flexibility index (Phi) is 6.13. The van der Waals surface area contributed by atoms with Crippen LogP contribution < -0.4 is 5.32 Å². The third kappa shape index (κ3) is 5.18. The van der Waals surface area contributed by atoms with Crippen LogP contribution in [0.25, 0.3) is 0 Å². The molecule has 2 heterocycles. The number of benzene rings is 2. The molecule has 1 unspecified atom stereocenters. The highest BCUT2D eigenvalue weighted by molar-refractivity contribution is 8.15. The molecule has 1 atom stereocenters. The number of amides is 2. The lowest BCUT2D eigenvalue weighted by atomic mass is 10.2. The van der Waals surface area contributed by atoms with Crippen molar-refractivity contribution in [3.05, 3.63) is 84.3 Å². The fourth-order valence-electron chi connectivity index (χ4n) is 2.97. The number of hydrogen-bond acceptors (Lipinski definition) is 5. The largest absolute Gasteiger partial charge is 0.467 e. The number of anilines is 1. The maximum Gasteiger partial charge on any atom is 0.243 e. The zero-order chi connectivity index (χ0) is 21.8. The van der Waals surface area contributed by atoms with Crippen molar-refractivity contribution in [2.75, 3.05) is 5.32 Å². The number of nitrogens with zero attached hydrogens (tertiary/aromatic N) is 2. The maximum absolute atomic E-state index is 13.2. The first-order valence-corrected chi connectivity index (χ1v) is 10.3. The Morgan fingerprint density at radius 3 is 2.39 bits per heavy atom. The Morgan fingerprint density at radius 1 is 1.06 bits per heavy atom. The molecule has 1 aromatic heterocycles. The summed E-state index contributed by atoms with van der Waals surface area (Å²) in [6.45, 7) is 0.162. The Labute approximate surface area is 181 Å². The minimum absolute atomic E-state index is 0.0853. The molecule has 0 bridgehead atoms. The summed E-state index contributed by atoms with van der Waals surface area (Å²) >= 11 is 1.16. The van der Waals surface area contributed by atoms with Gasteiger partial charge in [0.15, 0.2) is 5.17 Å². The van der Waals surface area contributed by atoms with Crippen LogP contribution in [0.5, 0.6) is 0 Å². The topological polar surface area (TPSA) is 74.9 Å². The number of hydrogen-bond donors (Lipinski definition) is 1. The summed E-state index contributed by atoms with van der Waals surface area (Å²) in [5.74, 6) is -0.885. The highest BCUT2D eigenvalue weighted by Crippen LogP contribution is 2.33. The second-order valence-corrected chi connectivity index (χ2v) is 7.91. The summed E-state index contributed by atoms with van der Waals surface area (Å²) in [7, 11) is 0.